The van der Waals surface area contributed by atoms with Gasteiger partial charge in [-0.15, -0.1) is 0 Å². The molecule has 4 heterocycles. The van der Waals surface area contributed by atoms with Crippen LogP contribution in [0.4, 0.5) is 27.1 Å². The summed E-state index contributed by atoms with van der Waals surface area (Å²) < 4.78 is 21.9. The molecule has 13 nitrogen and oxygen atoms in total. The Bertz CT molecular complexity index is 2630. The highest BCUT2D eigenvalue weighted by molar-refractivity contribution is 6.02. The van der Waals surface area contributed by atoms with Gasteiger partial charge in [0.2, 0.25) is 23.6 Å². The molecule has 3 saturated heterocycles. The van der Waals surface area contributed by atoms with Crippen molar-refractivity contribution >= 4 is 52.3 Å². The molecule has 4 aliphatic heterocycles. The molecule has 2 unspecified atom stereocenters. The molecule has 0 radical (unpaired) electrons. The van der Waals surface area contributed by atoms with Crippen LogP contribution in [0.3, 0.4) is 0 Å². The second-order valence-electron chi connectivity index (χ2n) is 16.5. The molecule has 4 N–H and O–H groups in total. The zero-order valence-corrected chi connectivity index (χ0v) is 35.1. The van der Waals surface area contributed by atoms with Crippen molar-refractivity contribution in [3.8, 4) is 28.0 Å². The Kier molecular flexibility index (Phi) is 11.4. The summed E-state index contributed by atoms with van der Waals surface area (Å²) in [6.45, 7) is 1.85. The molecule has 0 aliphatic carbocycles. The Morgan fingerprint density at radius 3 is 2.30 bits per heavy atom. The number of rotatable bonds is 10. The fourth-order valence-corrected chi connectivity index (χ4v) is 9.13. The van der Waals surface area contributed by atoms with Crippen LogP contribution in [0.1, 0.15) is 72.0 Å². The third kappa shape index (κ3) is 8.46. The van der Waals surface area contributed by atoms with E-state index in [4.69, 9.17) is 4.74 Å². The first-order valence-corrected chi connectivity index (χ1v) is 21.4. The topological polar surface area (TPSA) is 152 Å². The van der Waals surface area contributed by atoms with Gasteiger partial charge in [-0.1, -0.05) is 36.4 Å². The van der Waals surface area contributed by atoms with E-state index < -0.39 is 12.0 Å². The Morgan fingerprint density at radius 2 is 1.57 bits per heavy atom. The highest BCUT2D eigenvalue weighted by Crippen LogP contribution is 2.41. The van der Waals surface area contributed by atoms with Crippen molar-refractivity contribution in [2.24, 2.45) is 0 Å². The molecule has 2 atom stereocenters. The third-order valence-electron chi connectivity index (χ3n) is 12.5. The Morgan fingerprint density at radius 1 is 0.794 bits per heavy atom. The molecule has 5 amide bonds. The number of piperidine rings is 2. The van der Waals surface area contributed by atoms with Crippen LogP contribution >= 0.6 is 0 Å². The van der Waals surface area contributed by atoms with Gasteiger partial charge in [0, 0.05) is 81.9 Å². The van der Waals surface area contributed by atoms with Gasteiger partial charge in [0.15, 0.2) is 0 Å². The molecule has 3 fully saturated rings. The first kappa shape index (κ1) is 41.3. The quantitative estimate of drug-likeness (QED) is 0.111. The van der Waals surface area contributed by atoms with Gasteiger partial charge in [0.25, 0.3) is 5.91 Å². The van der Waals surface area contributed by atoms with E-state index in [1.165, 1.54) is 6.07 Å². The number of hydrazine groups is 1. The number of imide groups is 1. The molecule has 4 aliphatic rings. The first-order valence-electron chi connectivity index (χ1n) is 21.4. The van der Waals surface area contributed by atoms with Gasteiger partial charge >= 0.3 is 0 Å². The van der Waals surface area contributed by atoms with Crippen LogP contribution in [0.5, 0.6) is 5.75 Å². The molecule has 63 heavy (non-hydrogen) atoms. The average Bonchev–Trinajstić information content (AvgIpc) is 3.88. The van der Waals surface area contributed by atoms with Crippen molar-refractivity contribution in [2.45, 2.75) is 56.6 Å². The number of hydrogen-bond donors (Lipinski definition) is 4. The lowest BCUT2D eigenvalue weighted by molar-refractivity contribution is -0.134. The van der Waals surface area contributed by atoms with Crippen LogP contribution in [0, 0.1) is 5.82 Å². The van der Waals surface area contributed by atoms with Crippen LogP contribution in [0.15, 0.2) is 103 Å². The third-order valence-corrected chi connectivity index (χ3v) is 12.5. The molecule has 5 aromatic rings. The molecule has 322 valence electrons. The fourth-order valence-electron chi connectivity index (χ4n) is 9.13. The second kappa shape index (κ2) is 17.4. The maximum Gasteiger partial charge on any atom is 0.251 e. The highest BCUT2D eigenvalue weighted by Gasteiger charge is 2.33. The maximum atomic E-state index is 15.4. The molecule has 0 spiro atoms. The van der Waals surface area contributed by atoms with Gasteiger partial charge in [-0.25, -0.2) is 9.82 Å². The van der Waals surface area contributed by atoms with Gasteiger partial charge in [-0.05, 0) is 107 Å². The smallest absolute Gasteiger partial charge is 0.251 e. The summed E-state index contributed by atoms with van der Waals surface area (Å²) in [5.74, 6) is -1.33. The monoisotopic (exact) mass is 849 g/mol. The van der Waals surface area contributed by atoms with Crippen LogP contribution in [0.25, 0.3) is 22.3 Å². The molecule has 5 aromatic carbocycles. The van der Waals surface area contributed by atoms with E-state index in [-0.39, 0.29) is 47.9 Å². The number of anilines is 4. The molecular formula is C49H48FN7O6. The molecular weight excluding hydrogens is 802 g/mol. The number of nitrogens with one attached hydrogen (secondary N) is 4. The number of halogens is 1. The minimum atomic E-state index is -0.702. The average molecular weight is 850 g/mol. The molecule has 0 aromatic heterocycles. The van der Waals surface area contributed by atoms with Gasteiger partial charge in [-0.3, -0.25) is 29.3 Å². The number of nitrogens with zero attached hydrogens (tertiary/aromatic N) is 3. The van der Waals surface area contributed by atoms with Crippen molar-refractivity contribution in [2.75, 3.05) is 53.9 Å². The van der Waals surface area contributed by atoms with E-state index in [1.54, 1.807) is 43.4 Å². The number of hydrogen-bond acceptors (Lipinski definition) is 9. The largest absolute Gasteiger partial charge is 0.490 e. The van der Waals surface area contributed by atoms with Gasteiger partial charge in [0.05, 0.1) is 17.3 Å². The van der Waals surface area contributed by atoms with E-state index >= 15 is 4.39 Å². The van der Waals surface area contributed by atoms with Crippen LogP contribution in [-0.2, 0) is 19.2 Å². The van der Waals surface area contributed by atoms with Gasteiger partial charge in [0.1, 0.15) is 23.7 Å². The summed E-state index contributed by atoms with van der Waals surface area (Å²) in [5, 5.41) is 9.76. The van der Waals surface area contributed by atoms with Gasteiger partial charge in [-0.2, -0.15) is 0 Å². The second-order valence-corrected chi connectivity index (χ2v) is 16.5. The van der Waals surface area contributed by atoms with E-state index in [0.29, 0.717) is 73.6 Å². The highest BCUT2D eigenvalue weighted by atomic mass is 19.1. The van der Waals surface area contributed by atoms with Crippen LogP contribution < -0.4 is 40.9 Å². The van der Waals surface area contributed by atoms with Crippen molar-refractivity contribution in [1.82, 2.24) is 16.1 Å². The summed E-state index contributed by atoms with van der Waals surface area (Å²) in [4.78, 5) is 66.7. The van der Waals surface area contributed by atoms with Crippen molar-refractivity contribution in [3.63, 3.8) is 0 Å². The number of benzene rings is 5. The molecule has 0 bridgehead atoms. The number of carbonyl (C=O) groups is 5. The summed E-state index contributed by atoms with van der Waals surface area (Å²) in [6, 6.07) is 31.1. The van der Waals surface area contributed by atoms with E-state index in [9.17, 15) is 24.0 Å². The predicted octanol–water partition coefficient (Wildman–Crippen LogP) is 6.85. The minimum Gasteiger partial charge on any atom is -0.490 e. The molecule has 9 rings (SSSR count). The van der Waals surface area contributed by atoms with Crippen LogP contribution in [-0.4, -0.2) is 69.4 Å². The Labute approximate surface area is 364 Å². The summed E-state index contributed by atoms with van der Waals surface area (Å²) in [6.07, 6.45) is 3.23. The zero-order chi connectivity index (χ0) is 43.8. The summed E-state index contributed by atoms with van der Waals surface area (Å²) in [5.41, 5.74) is 11.4. The Hall–Kier alpha value is -7.06. The fraction of sp³-hybridized carbons (Fsp3) is 0.286. The first-order chi connectivity index (χ1) is 30.5. The number of fused-ring (bicyclic) bond motifs is 1. The lowest BCUT2D eigenvalue weighted by Crippen LogP contribution is -2.40. The van der Waals surface area contributed by atoms with E-state index in [0.717, 1.165) is 45.6 Å². The Balaban J connectivity index is 0.920. The molecule has 14 heteroatoms. The molecule has 0 saturated carbocycles. The van der Waals surface area contributed by atoms with E-state index in [2.05, 4.69) is 27.4 Å². The normalized spacial score (nSPS) is 18.9. The maximum absolute atomic E-state index is 15.4. The van der Waals surface area contributed by atoms with Crippen molar-refractivity contribution < 1.29 is 33.1 Å². The van der Waals surface area contributed by atoms with Gasteiger partial charge < -0.3 is 30.2 Å². The van der Waals surface area contributed by atoms with E-state index in [1.807, 2.05) is 76.5 Å². The number of amides is 5. The van der Waals surface area contributed by atoms with Crippen molar-refractivity contribution in [3.05, 3.63) is 126 Å². The standard InChI is InChI=1S/C49H48FN7O6/c1-51-47(60)32-5-3-6-33(25-32)52-49(62)46-40-26-30(10-17-42(40)55(2)54-46)37-15-12-34(57-22-4-7-45(57)59)28-39(37)29-8-13-35(14-9-29)63-36-20-23-56(24-21-36)43-18-11-31(27-41(43)50)38-16-19-44(58)53-48(38)61/h3,5-6,8-15,17-18,25-28,36,38,46,54H,4,7,16,19-24H2,1-2H3,(H,51,60)(H,52,62)(H,53,58,61). The van der Waals surface area contributed by atoms with Crippen LogP contribution in [0.2, 0.25) is 0 Å². The lowest BCUT2D eigenvalue weighted by atomic mass is 9.90. The van der Waals surface area contributed by atoms with Crippen molar-refractivity contribution in [1.29, 1.82) is 0 Å². The zero-order valence-electron chi connectivity index (χ0n) is 35.1. The lowest BCUT2D eigenvalue weighted by Gasteiger charge is -2.34. The minimum absolute atomic E-state index is 0.0685. The SMILES string of the molecule is CNC(=O)c1cccc(NC(=O)C2NN(C)c3ccc(-c4ccc(N5CCCC5=O)cc4-c4ccc(OC5CCN(c6ccc(C7CCC(=O)NC7=O)cc6F)CC5)cc4)cc32)c1. The number of ether oxygens (including phenoxy) is 1. The summed E-state index contributed by atoms with van der Waals surface area (Å²) in [7, 11) is 3.42. The summed E-state index contributed by atoms with van der Waals surface area (Å²) >= 11 is 0. The predicted molar refractivity (Wildman–Crippen MR) is 239 cm³/mol. The number of carbonyl (C=O) groups excluding carboxylic acids is 5.